The van der Waals surface area contributed by atoms with E-state index in [0.29, 0.717) is 11.6 Å². The lowest BCUT2D eigenvalue weighted by atomic mass is 10.1. The first kappa shape index (κ1) is 13.2. The van der Waals surface area contributed by atoms with Gasteiger partial charge in [-0.25, -0.2) is 0 Å². The van der Waals surface area contributed by atoms with Gasteiger partial charge in [-0.15, -0.1) is 0 Å². The SMILES string of the molecule is Cc1cc(C(=O)NC(CBr)C(C)C)n(C)n1. The van der Waals surface area contributed by atoms with Crippen LogP contribution in [0.15, 0.2) is 6.07 Å². The number of carbonyl (C=O) groups excluding carboxylic acids is 1. The van der Waals surface area contributed by atoms with E-state index >= 15 is 0 Å². The molecule has 90 valence electrons. The Labute approximate surface area is 105 Å². The summed E-state index contributed by atoms with van der Waals surface area (Å²) in [5.41, 5.74) is 1.46. The number of amides is 1. The summed E-state index contributed by atoms with van der Waals surface area (Å²) < 4.78 is 1.61. The molecule has 0 radical (unpaired) electrons. The van der Waals surface area contributed by atoms with Crippen molar-refractivity contribution in [2.45, 2.75) is 26.8 Å². The van der Waals surface area contributed by atoms with Crippen LogP contribution in [0.25, 0.3) is 0 Å². The van der Waals surface area contributed by atoms with Crippen molar-refractivity contribution in [3.8, 4) is 0 Å². The van der Waals surface area contributed by atoms with E-state index in [-0.39, 0.29) is 11.9 Å². The molecule has 0 spiro atoms. The third-order valence-corrected chi connectivity index (χ3v) is 3.22. The first-order valence-electron chi connectivity index (χ1n) is 5.33. The molecule has 0 aliphatic heterocycles. The molecule has 1 atom stereocenters. The summed E-state index contributed by atoms with van der Waals surface area (Å²) >= 11 is 3.40. The second-order valence-electron chi connectivity index (χ2n) is 4.27. The summed E-state index contributed by atoms with van der Waals surface area (Å²) in [6, 6.07) is 1.93. The van der Waals surface area contributed by atoms with Crippen LogP contribution in [0, 0.1) is 12.8 Å². The van der Waals surface area contributed by atoms with E-state index < -0.39 is 0 Å². The minimum Gasteiger partial charge on any atom is -0.347 e. The Kier molecular flexibility index (Phi) is 4.53. The summed E-state index contributed by atoms with van der Waals surface area (Å²) in [6.07, 6.45) is 0. The summed E-state index contributed by atoms with van der Waals surface area (Å²) in [7, 11) is 1.78. The van der Waals surface area contributed by atoms with Gasteiger partial charge in [0.15, 0.2) is 0 Å². The van der Waals surface area contributed by atoms with Crippen LogP contribution in [0.1, 0.15) is 30.0 Å². The fourth-order valence-corrected chi connectivity index (χ4v) is 2.36. The molecule has 0 aliphatic carbocycles. The first-order valence-corrected chi connectivity index (χ1v) is 6.45. The summed E-state index contributed by atoms with van der Waals surface area (Å²) in [5.74, 6) is 0.332. The highest BCUT2D eigenvalue weighted by Crippen LogP contribution is 2.07. The molecule has 1 aromatic rings. The second kappa shape index (κ2) is 5.48. The van der Waals surface area contributed by atoms with Crippen molar-refractivity contribution in [2.24, 2.45) is 13.0 Å². The van der Waals surface area contributed by atoms with Gasteiger partial charge in [0.1, 0.15) is 5.69 Å². The van der Waals surface area contributed by atoms with Gasteiger partial charge >= 0.3 is 0 Å². The minimum atomic E-state index is -0.0683. The average Bonchev–Trinajstić information content (AvgIpc) is 2.53. The van der Waals surface area contributed by atoms with Crippen molar-refractivity contribution >= 4 is 21.8 Å². The van der Waals surface area contributed by atoms with Crippen LogP contribution < -0.4 is 5.32 Å². The Bertz CT molecular complexity index is 373. The molecule has 16 heavy (non-hydrogen) atoms. The van der Waals surface area contributed by atoms with Gasteiger partial charge < -0.3 is 5.32 Å². The highest BCUT2D eigenvalue weighted by molar-refractivity contribution is 9.09. The molecule has 1 rings (SSSR count). The Balaban J connectivity index is 2.75. The summed E-state index contributed by atoms with van der Waals surface area (Å²) in [4.78, 5) is 12.0. The molecule has 0 bridgehead atoms. The Morgan fingerprint density at radius 1 is 1.62 bits per heavy atom. The fraction of sp³-hybridized carbons (Fsp3) is 0.636. The number of aryl methyl sites for hydroxylation is 2. The van der Waals surface area contributed by atoms with Gasteiger partial charge in [-0.05, 0) is 18.9 Å². The van der Waals surface area contributed by atoms with Gasteiger partial charge in [-0.3, -0.25) is 9.48 Å². The molecule has 1 aromatic heterocycles. The molecule has 5 heteroatoms. The lowest BCUT2D eigenvalue weighted by Gasteiger charge is -2.19. The fourth-order valence-electron chi connectivity index (χ4n) is 1.45. The summed E-state index contributed by atoms with van der Waals surface area (Å²) in [6.45, 7) is 6.04. The van der Waals surface area contributed by atoms with Gasteiger partial charge in [0.25, 0.3) is 5.91 Å². The number of nitrogens with one attached hydrogen (secondary N) is 1. The van der Waals surface area contributed by atoms with Gasteiger partial charge in [0.05, 0.1) is 5.69 Å². The van der Waals surface area contributed by atoms with Crippen molar-refractivity contribution in [3.05, 3.63) is 17.5 Å². The number of rotatable bonds is 4. The molecule has 0 saturated carbocycles. The van der Waals surface area contributed by atoms with Gasteiger partial charge in [0.2, 0.25) is 0 Å². The molecular formula is C11H18BrN3O. The Morgan fingerprint density at radius 2 is 2.25 bits per heavy atom. The second-order valence-corrected chi connectivity index (χ2v) is 4.92. The molecular weight excluding hydrogens is 270 g/mol. The van der Waals surface area contributed by atoms with Gasteiger partial charge in [0, 0.05) is 18.4 Å². The predicted molar refractivity (Wildman–Crippen MR) is 67.8 cm³/mol. The number of hydrogen-bond donors (Lipinski definition) is 1. The van der Waals surface area contributed by atoms with E-state index in [1.807, 2.05) is 6.92 Å². The monoisotopic (exact) mass is 287 g/mol. The molecule has 0 aliphatic rings. The molecule has 0 fully saturated rings. The largest absolute Gasteiger partial charge is 0.347 e. The van der Waals surface area contributed by atoms with E-state index in [0.717, 1.165) is 11.0 Å². The number of aromatic nitrogens is 2. The van der Waals surface area contributed by atoms with Crippen LogP contribution in [0.2, 0.25) is 0 Å². The Hall–Kier alpha value is -0.840. The zero-order chi connectivity index (χ0) is 12.3. The average molecular weight is 288 g/mol. The van der Waals surface area contributed by atoms with Crippen LogP contribution in [0.5, 0.6) is 0 Å². The lowest BCUT2D eigenvalue weighted by molar-refractivity contribution is 0.0922. The standard InChI is InChI=1S/C11H18BrN3O/c1-7(2)9(6-12)13-11(16)10-5-8(3)14-15(10)4/h5,7,9H,6H2,1-4H3,(H,13,16). The molecule has 4 nitrogen and oxygen atoms in total. The van der Waals surface area contributed by atoms with E-state index in [4.69, 9.17) is 0 Å². The molecule has 1 heterocycles. The molecule has 1 amide bonds. The quantitative estimate of drug-likeness (QED) is 0.860. The maximum atomic E-state index is 12.0. The highest BCUT2D eigenvalue weighted by atomic mass is 79.9. The topological polar surface area (TPSA) is 46.9 Å². The highest BCUT2D eigenvalue weighted by Gasteiger charge is 2.18. The number of hydrogen-bond acceptors (Lipinski definition) is 2. The lowest BCUT2D eigenvalue weighted by Crippen LogP contribution is -2.40. The van der Waals surface area contributed by atoms with Gasteiger partial charge in [-0.1, -0.05) is 29.8 Å². The Morgan fingerprint density at radius 3 is 2.62 bits per heavy atom. The van der Waals surface area contributed by atoms with Crippen LogP contribution in [0.4, 0.5) is 0 Å². The van der Waals surface area contributed by atoms with Crippen molar-refractivity contribution in [3.63, 3.8) is 0 Å². The predicted octanol–water partition coefficient (Wildman–Crippen LogP) is 1.88. The zero-order valence-corrected chi connectivity index (χ0v) is 11.7. The maximum Gasteiger partial charge on any atom is 0.269 e. The summed E-state index contributed by atoms with van der Waals surface area (Å²) in [5, 5.41) is 7.90. The zero-order valence-electron chi connectivity index (χ0n) is 10.1. The van der Waals surface area contributed by atoms with Crippen LogP contribution in [-0.4, -0.2) is 27.1 Å². The third-order valence-electron chi connectivity index (χ3n) is 2.52. The van der Waals surface area contributed by atoms with Crippen LogP contribution in [-0.2, 0) is 7.05 Å². The number of nitrogens with zero attached hydrogens (tertiary/aromatic N) is 2. The third kappa shape index (κ3) is 3.07. The van der Waals surface area contributed by atoms with E-state index in [9.17, 15) is 4.79 Å². The number of alkyl halides is 1. The van der Waals surface area contributed by atoms with Crippen LogP contribution >= 0.6 is 15.9 Å². The number of halogens is 1. The van der Waals surface area contributed by atoms with Crippen LogP contribution in [0.3, 0.4) is 0 Å². The van der Waals surface area contributed by atoms with Crippen molar-refractivity contribution in [1.29, 1.82) is 0 Å². The van der Waals surface area contributed by atoms with E-state index in [2.05, 4.69) is 40.2 Å². The van der Waals surface area contributed by atoms with Crippen molar-refractivity contribution < 1.29 is 4.79 Å². The molecule has 0 aromatic carbocycles. The van der Waals surface area contributed by atoms with E-state index in [1.54, 1.807) is 17.8 Å². The molecule has 1 unspecified atom stereocenters. The molecule has 1 N–H and O–H groups in total. The minimum absolute atomic E-state index is 0.0683. The van der Waals surface area contributed by atoms with Crippen molar-refractivity contribution in [2.75, 3.05) is 5.33 Å². The number of carbonyl (C=O) groups is 1. The normalized spacial score (nSPS) is 12.9. The van der Waals surface area contributed by atoms with Gasteiger partial charge in [-0.2, -0.15) is 5.10 Å². The smallest absolute Gasteiger partial charge is 0.269 e. The van der Waals surface area contributed by atoms with Crippen molar-refractivity contribution in [1.82, 2.24) is 15.1 Å². The molecule has 0 saturated heterocycles. The maximum absolute atomic E-state index is 12.0. The first-order chi connectivity index (χ1) is 7.45. The van der Waals surface area contributed by atoms with E-state index in [1.165, 1.54) is 0 Å².